The van der Waals surface area contributed by atoms with Crippen molar-refractivity contribution in [1.29, 1.82) is 0 Å². The molecule has 7 nitrogen and oxygen atoms in total. The number of nitrogens with zero attached hydrogens (tertiary/aromatic N) is 1. The van der Waals surface area contributed by atoms with Gasteiger partial charge >= 0.3 is 0 Å². The molecule has 0 bridgehead atoms. The lowest BCUT2D eigenvalue weighted by Gasteiger charge is -2.25. The van der Waals surface area contributed by atoms with Gasteiger partial charge in [-0.15, -0.1) is 0 Å². The van der Waals surface area contributed by atoms with E-state index in [2.05, 4.69) is 5.32 Å². The van der Waals surface area contributed by atoms with Crippen LogP contribution in [0.15, 0.2) is 42.5 Å². The summed E-state index contributed by atoms with van der Waals surface area (Å²) in [7, 11) is -3.50. The summed E-state index contributed by atoms with van der Waals surface area (Å²) >= 11 is 0. The largest absolute Gasteiger partial charge is 0.486 e. The average molecular weight is 419 g/mol. The molecule has 2 aromatic rings. The Labute approximate surface area is 171 Å². The zero-order chi connectivity index (χ0) is 20.9. The minimum Gasteiger partial charge on any atom is -0.486 e. The quantitative estimate of drug-likeness (QED) is 0.712. The van der Waals surface area contributed by atoms with Gasteiger partial charge in [0.05, 0.1) is 11.9 Å². The first kappa shape index (κ1) is 21.0. The molecule has 1 amide bonds. The molecule has 156 valence electrons. The van der Waals surface area contributed by atoms with Crippen molar-refractivity contribution in [3.05, 3.63) is 53.6 Å². The number of aryl methyl sites for hydroxylation is 1. The van der Waals surface area contributed by atoms with Crippen molar-refractivity contribution in [1.82, 2.24) is 5.32 Å². The topological polar surface area (TPSA) is 84.9 Å². The molecule has 1 N–H and O–H groups in total. The molecule has 0 saturated carbocycles. The molecular weight excluding hydrogens is 392 g/mol. The molecule has 0 radical (unpaired) electrons. The maximum atomic E-state index is 12.3. The smallest absolute Gasteiger partial charge is 0.232 e. The summed E-state index contributed by atoms with van der Waals surface area (Å²) in [6.45, 7) is 3.57. The van der Waals surface area contributed by atoms with Crippen molar-refractivity contribution >= 4 is 21.6 Å². The number of rotatable bonds is 8. The van der Waals surface area contributed by atoms with Crippen LogP contribution in [0.25, 0.3) is 0 Å². The van der Waals surface area contributed by atoms with Crippen LogP contribution in [0.3, 0.4) is 0 Å². The average Bonchev–Trinajstić information content (AvgIpc) is 2.69. The van der Waals surface area contributed by atoms with Gasteiger partial charge in [-0.3, -0.25) is 9.10 Å². The Hall–Kier alpha value is -2.74. The summed E-state index contributed by atoms with van der Waals surface area (Å²) < 4.78 is 36.8. The molecule has 29 heavy (non-hydrogen) atoms. The highest BCUT2D eigenvalue weighted by Crippen LogP contribution is 2.34. The number of hydrogen-bond acceptors (Lipinski definition) is 5. The summed E-state index contributed by atoms with van der Waals surface area (Å²) in [6.07, 6.45) is 1.80. The van der Waals surface area contributed by atoms with E-state index in [1.165, 1.54) is 9.87 Å². The number of carbonyl (C=O) groups is 1. The zero-order valence-corrected chi connectivity index (χ0v) is 17.5. The number of anilines is 1. The van der Waals surface area contributed by atoms with Crippen molar-refractivity contribution in [2.45, 2.75) is 26.3 Å². The third-order valence-corrected chi connectivity index (χ3v) is 5.78. The predicted molar refractivity (Wildman–Crippen MR) is 112 cm³/mol. The summed E-state index contributed by atoms with van der Waals surface area (Å²) in [5.74, 6) is 1.02. The van der Waals surface area contributed by atoms with E-state index in [0.717, 1.165) is 11.8 Å². The Morgan fingerprint density at radius 2 is 1.76 bits per heavy atom. The molecule has 0 saturated heterocycles. The van der Waals surface area contributed by atoms with Crippen LogP contribution in [0, 0.1) is 6.92 Å². The third-order valence-electron chi connectivity index (χ3n) is 4.59. The van der Waals surface area contributed by atoms with Gasteiger partial charge in [-0.05, 0) is 31.0 Å². The zero-order valence-electron chi connectivity index (χ0n) is 16.7. The fraction of sp³-hybridized carbons (Fsp3) is 0.381. The number of ether oxygens (including phenoxy) is 2. The minimum absolute atomic E-state index is 0.110. The SMILES string of the molecule is Cc1ccc(CNC(=O)CCCN(c2ccc3c(c2)OCCO3)S(C)(=O)=O)cc1. The maximum absolute atomic E-state index is 12.3. The van der Waals surface area contributed by atoms with Gasteiger partial charge in [0.2, 0.25) is 15.9 Å². The molecule has 0 atom stereocenters. The first-order valence-corrected chi connectivity index (χ1v) is 11.4. The van der Waals surface area contributed by atoms with Crippen LogP contribution in [0.4, 0.5) is 5.69 Å². The Kier molecular flexibility index (Phi) is 6.64. The molecule has 2 aromatic carbocycles. The Balaban J connectivity index is 1.56. The van der Waals surface area contributed by atoms with Gasteiger partial charge in [-0.1, -0.05) is 29.8 Å². The highest BCUT2D eigenvalue weighted by Gasteiger charge is 2.21. The molecule has 8 heteroatoms. The summed E-state index contributed by atoms with van der Waals surface area (Å²) in [4.78, 5) is 12.1. The van der Waals surface area contributed by atoms with Crippen LogP contribution in [-0.2, 0) is 21.4 Å². The van der Waals surface area contributed by atoms with Crippen LogP contribution < -0.4 is 19.1 Å². The molecule has 0 aliphatic carbocycles. The number of benzene rings is 2. The first-order valence-electron chi connectivity index (χ1n) is 9.52. The number of carbonyl (C=O) groups excluding carboxylic acids is 1. The normalized spacial score (nSPS) is 13.0. The summed E-state index contributed by atoms with van der Waals surface area (Å²) in [6, 6.07) is 13.0. The van der Waals surface area contributed by atoms with Gasteiger partial charge in [0.25, 0.3) is 0 Å². The van der Waals surface area contributed by atoms with Gasteiger partial charge < -0.3 is 14.8 Å². The molecular formula is C21H26N2O5S. The van der Waals surface area contributed by atoms with Crippen LogP contribution >= 0.6 is 0 Å². The van der Waals surface area contributed by atoms with Crippen LogP contribution in [0.2, 0.25) is 0 Å². The molecule has 1 aliphatic heterocycles. The fourth-order valence-corrected chi connectivity index (χ4v) is 4.01. The van der Waals surface area contributed by atoms with Crippen LogP contribution in [-0.4, -0.2) is 40.3 Å². The fourth-order valence-electron chi connectivity index (χ4n) is 3.05. The number of sulfonamides is 1. The second-order valence-corrected chi connectivity index (χ2v) is 8.94. The maximum Gasteiger partial charge on any atom is 0.232 e. The molecule has 0 unspecified atom stereocenters. The van der Waals surface area contributed by atoms with Gasteiger partial charge in [0.1, 0.15) is 13.2 Å². The number of amides is 1. The highest BCUT2D eigenvalue weighted by atomic mass is 32.2. The first-order chi connectivity index (χ1) is 13.8. The number of fused-ring (bicyclic) bond motifs is 1. The Morgan fingerprint density at radius 3 is 2.45 bits per heavy atom. The lowest BCUT2D eigenvalue weighted by atomic mass is 10.1. The van der Waals surface area contributed by atoms with Crippen LogP contribution in [0.1, 0.15) is 24.0 Å². The highest BCUT2D eigenvalue weighted by molar-refractivity contribution is 7.92. The van der Waals surface area contributed by atoms with Gasteiger partial charge in [0, 0.05) is 25.6 Å². The second-order valence-electron chi connectivity index (χ2n) is 7.03. The lowest BCUT2D eigenvalue weighted by molar-refractivity contribution is -0.121. The monoisotopic (exact) mass is 418 g/mol. The van der Waals surface area contributed by atoms with Gasteiger partial charge in [-0.2, -0.15) is 0 Å². The van der Waals surface area contributed by atoms with E-state index in [1.807, 2.05) is 31.2 Å². The van der Waals surface area contributed by atoms with Crippen molar-refractivity contribution in [3.63, 3.8) is 0 Å². The minimum atomic E-state index is -3.50. The van der Waals surface area contributed by atoms with Crippen molar-refractivity contribution in [2.75, 3.05) is 30.3 Å². The predicted octanol–water partition coefficient (Wildman–Crippen LogP) is 2.63. The van der Waals surface area contributed by atoms with Crippen LogP contribution in [0.5, 0.6) is 11.5 Å². The molecule has 0 fully saturated rings. The lowest BCUT2D eigenvalue weighted by Crippen LogP contribution is -2.32. The summed E-state index contributed by atoms with van der Waals surface area (Å²) in [5.41, 5.74) is 2.69. The molecule has 3 rings (SSSR count). The van der Waals surface area contributed by atoms with Crippen molar-refractivity contribution < 1.29 is 22.7 Å². The third kappa shape index (κ3) is 5.87. The van der Waals surface area contributed by atoms with E-state index in [4.69, 9.17) is 9.47 Å². The van der Waals surface area contributed by atoms with E-state index >= 15 is 0 Å². The van der Waals surface area contributed by atoms with E-state index in [1.54, 1.807) is 18.2 Å². The molecule has 1 aliphatic rings. The Bertz CT molecular complexity index is 958. The standard InChI is InChI=1S/C21H26N2O5S/c1-16-5-7-17(8-6-16)15-22-21(24)4-3-11-23(29(2,25)26)18-9-10-19-20(14-18)28-13-12-27-19/h5-10,14H,3-4,11-13,15H2,1-2H3,(H,22,24). The molecule has 0 aromatic heterocycles. The van der Waals surface area contributed by atoms with E-state index in [-0.39, 0.29) is 18.9 Å². The molecule has 1 heterocycles. The number of hydrogen-bond donors (Lipinski definition) is 1. The number of nitrogens with one attached hydrogen (secondary N) is 1. The van der Waals surface area contributed by atoms with Crippen molar-refractivity contribution in [2.24, 2.45) is 0 Å². The van der Waals surface area contributed by atoms with Gasteiger partial charge in [-0.25, -0.2) is 8.42 Å². The van der Waals surface area contributed by atoms with E-state index in [9.17, 15) is 13.2 Å². The summed E-state index contributed by atoms with van der Waals surface area (Å²) in [5, 5.41) is 2.87. The van der Waals surface area contributed by atoms with Crippen molar-refractivity contribution in [3.8, 4) is 11.5 Å². The molecule has 0 spiro atoms. The Morgan fingerprint density at radius 1 is 1.07 bits per heavy atom. The van der Waals surface area contributed by atoms with Gasteiger partial charge in [0.15, 0.2) is 11.5 Å². The van der Waals surface area contributed by atoms with E-state index < -0.39 is 10.0 Å². The second kappa shape index (κ2) is 9.17. The van der Waals surface area contributed by atoms with E-state index in [0.29, 0.717) is 43.4 Å².